The van der Waals surface area contributed by atoms with E-state index in [-0.39, 0.29) is 118 Å². The highest BCUT2D eigenvalue weighted by Crippen LogP contribution is 2.33. The molecule has 8 atom stereocenters. The molecule has 0 spiro atoms. The molecule has 3 heterocycles. The van der Waals surface area contributed by atoms with Crippen LogP contribution in [0.5, 0.6) is 0 Å². The van der Waals surface area contributed by atoms with Crippen molar-refractivity contribution >= 4 is 134 Å². The second-order valence-corrected chi connectivity index (χ2v) is 27.6. The Morgan fingerprint density at radius 1 is 0.660 bits per heavy atom. The number of primary amides is 1. The van der Waals surface area contributed by atoms with Gasteiger partial charge in [0.2, 0.25) is 65.0 Å². The Morgan fingerprint density at radius 2 is 1.28 bits per heavy atom. The summed E-state index contributed by atoms with van der Waals surface area (Å²) >= 11 is 1.87. The SMILES string of the molecule is NC(=O)C1NC(=O)[C@H](Cc2ccccc2)NC(=O)[C@@H]2CSSC[C@H](NC(=O)[C@H](CCCCNC(=O)C3CCC(CN4C(=O)CC(SCCNC(=O)c5ccc(CF)cc5)C4=O)CC3)NC(=O)CS1)C(=O)N[C@@H](CCCN=C(N)N)C(=O)NCC(=O)N[C@@H](CC(=O)O)C(=O)N2. The second kappa shape index (κ2) is 38.2. The van der Waals surface area contributed by atoms with Crippen molar-refractivity contribution in [2.24, 2.45) is 34.0 Å². The number of nitrogens with one attached hydrogen (secondary N) is 10. The minimum Gasteiger partial charge on any atom is -0.481 e. The number of halogens is 1. The van der Waals surface area contributed by atoms with Crippen molar-refractivity contribution < 1.29 is 76.6 Å². The Kier molecular flexibility index (Phi) is 30.5. The third-order valence-electron chi connectivity index (χ3n) is 15.5. The fraction of sp³-hybridized carbons (Fsp3) is 0.542. The van der Waals surface area contributed by atoms with Gasteiger partial charge in [0.1, 0.15) is 42.9 Å². The summed E-state index contributed by atoms with van der Waals surface area (Å²) in [4.78, 5) is 195. The molecule has 6 rings (SSSR count). The first-order valence-corrected chi connectivity index (χ1v) is 35.1. The van der Waals surface area contributed by atoms with Gasteiger partial charge < -0.3 is 75.5 Å². The van der Waals surface area contributed by atoms with Crippen molar-refractivity contribution in [1.82, 2.24) is 58.1 Å². The summed E-state index contributed by atoms with van der Waals surface area (Å²) in [5, 5.41) is 33.3. The molecule has 1 saturated carbocycles. The van der Waals surface area contributed by atoms with Crippen molar-refractivity contribution in [3.63, 3.8) is 0 Å². The first kappa shape index (κ1) is 74.9. The van der Waals surface area contributed by atoms with E-state index in [1.54, 1.807) is 30.3 Å². The van der Waals surface area contributed by atoms with Crippen LogP contribution in [0.3, 0.4) is 0 Å². The predicted octanol–water partition coefficient (Wildman–Crippen LogP) is -2.30. The smallest absolute Gasteiger partial charge is 0.305 e. The number of carboxylic acids is 1. The number of nitrogens with two attached hydrogens (primary N) is 3. The van der Waals surface area contributed by atoms with Crippen molar-refractivity contribution in [3.8, 4) is 0 Å². The lowest BCUT2D eigenvalue weighted by atomic mass is 9.81. The van der Waals surface area contributed by atoms with Gasteiger partial charge in [-0.3, -0.25) is 77.0 Å². The zero-order valence-corrected chi connectivity index (χ0v) is 54.6. The molecule has 35 heteroatoms. The molecular weight excluding hydrogens is 1310 g/mol. The Bertz CT molecular complexity index is 3090. The summed E-state index contributed by atoms with van der Waals surface area (Å²) in [6.45, 7) is -0.848. The van der Waals surface area contributed by atoms with Crippen LogP contribution in [-0.4, -0.2) is 201 Å². The molecule has 2 aromatic carbocycles. The molecule has 0 radical (unpaired) electrons. The zero-order valence-electron chi connectivity index (χ0n) is 51.3. The number of carbonyl (C=O) groups is 14. The quantitative estimate of drug-likeness (QED) is 0.0183. The molecule has 1 aliphatic carbocycles. The molecule has 0 aromatic heterocycles. The number of fused-ring (bicyclic) bond motifs is 5. The maximum Gasteiger partial charge on any atom is 0.305 e. The van der Waals surface area contributed by atoms with E-state index in [0.717, 1.165) is 21.6 Å². The number of benzene rings is 2. The summed E-state index contributed by atoms with van der Waals surface area (Å²) in [7, 11) is 1.83. The lowest BCUT2D eigenvalue weighted by molar-refractivity contribution is -0.141. The number of carbonyl (C=O) groups excluding carboxylic acids is 13. The van der Waals surface area contributed by atoms with Gasteiger partial charge in [-0.25, -0.2) is 4.39 Å². The van der Waals surface area contributed by atoms with E-state index >= 15 is 0 Å². The van der Waals surface area contributed by atoms with Crippen LogP contribution in [0.25, 0.3) is 0 Å². The molecular formula is C59H80FN15O15S4. The van der Waals surface area contributed by atoms with Crippen LogP contribution in [-0.2, 0) is 75.4 Å². The third-order valence-corrected chi connectivity index (χ3v) is 20.2. The summed E-state index contributed by atoms with van der Waals surface area (Å²) in [6.07, 6.45) is 1.43. The average Bonchev–Trinajstić information content (AvgIpc) is 1.66. The number of nitrogens with zero attached hydrogens (tertiary/aromatic N) is 2. The number of thioether (sulfide) groups is 2. The summed E-state index contributed by atoms with van der Waals surface area (Å²) < 4.78 is 12.9. The molecule has 2 bridgehead atoms. The number of alkyl halides is 1. The van der Waals surface area contributed by atoms with Gasteiger partial charge in [0.25, 0.3) is 11.8 Å². The number of unbranched alkanes of at least 4 members (excludes halogenated alkanes) is 1. The number of carboxylic acid groups (broad SMARTS) is 1. The Morgan fingerprint density at radius 3 is 1.91 bits per heavy atom. The molecule has 17 N–H and O–H groups in total. The Balaban J connectivity index is 1.13. The number of rotatable bonds is 23. The van der Waals surface area contributed by atoms with E-state index in [4.69, 9.17) is 17.2 Å². The molecule has 3 saturated heterocycles. The highest BCUT2D eigenvalue weighted by Gasteiger charge is 2.41. The van der Waals surface area contributed by atoms with Crippen LogP contribution >= 0.6 is 45.1 Å². The first-order valence-electron chi connectivity index (χ1n) is 30.5. The Hall–Kier alpha value is -8.18. The second-order valence-electron chi connectivity index (χ2n) is 22.6. The number of aliphatic imine (C=N–C) groups is 1. The van der Waals surface area contributed by atoms with Gasteiger partial charge >= 0.3 is 5.97 Å². The number of aliphatic carboxylic acids is 1. The van der Waals surface area contributed by atoms with Gasteiger partial charge in [-0.05, 0) is 87.0 Å². The van der Waals surface area contributed by atoms with Gasteiger partial charge in [-0.1, -0.05) is 64.1 Å². The fourth-order valence-electron chi connectivity index (χ4n) is 10.4. The average molecular weight is 1390 g/mol. The van der Waals surface area contributed by atoms with Gasteiger partial charge in [0.05, 0.1) is 24.0 Å². The largest absolute Gasteiger partial charge is 0.481 e. The third kappa shape index (κ3) is 24.6. The lowest BCUT2D eigenvalue weighted by Crippen LogP contribution is -2.59. The number of imide groups is 1. The summed E-state index contributed by atoms with van der Waals surface area (Å²) in [5.41, 5.74) is 18.1. The van der Waals surface area contributed by atoms with E-state index in [1.165, 1.54) is 40.9 Å². The van der Waals surface area contributed by atoms with Crippen molar-refractivity contribution in [2.45, 2.75) is 131 Å². The minimum absolute atomic E-state index is 0.00304. The molecule has 94 heavy (non-hydrogen) atoms. The van der Waals surface area contributed by atoms with Crippen molar-refractivity contribution in [2.75, 3.05) is 55.7 Å². The normalized spacial score (nSPS) is 24.9. The minimum atomic E-state index is -1.81. The standard InChI is InChI=1S/C59H80FN15O15S4/c60-26-33-11-15-35(16-12-33)50(83)65-21-22-91-43-25-46(78)75(58(43)90)28-34-13-17-36(18-14-34)49(82)64-19-5-4-9-38-52(85)72-41-29-93-94-30-42(56(89)71-39(23-32-7-2-1-3-8-32)54(87)74-57(48(61)81)92-31-45(77)68-38)73-53(86)40(24-47(79)80)69-44(76)27-67-51(84)37(70-55(41)88)10-6-20-66-59(62)63/h1-3,7-8,11-12,15-16,34,36-43,57H,4-6,9-10,13-14,17-31H2,(H2,61,81)(H,64,82)(H,65,83)(H,67,84)(H,68,77)(H,69,76)(H,70,88)(H,71,89)(H,72,85)(H,73,86)(H,74,87)(H,79,80)(H4,62,63,66)/t34?,36?,37-,38-,39-,40-,41-,42-,43?,57?/m0/s1. The molecule has 4 aliphatic rings. The molecule has 512 valence electrons. The zero-order chi connectivity index (χ0) is 68.3. The molecule has 13 amide bonds. The van der Waals surface area contributed by atoms with E-state index in [0.29, 0.717) is 66.3 Å². The number of amides is 13. The molecule has 2 aromatic rings. The van der Waals surface area contributed by atoms with E-state index < -0.39 is 131 Å². The Labute approximate surface area is 557 Å². The van der Waals surface area contributed by atoms with E-state index in [2.05, 4.69) is 58.2 Å². The molecule has 30 nitrogen and oxygen atoms in total. The van der Waals surface area contributed by atoms with E-state index in [9.17, 15) is 76.6 Å². The van der Waals surface area contributed by atoms with Gasteiger partial charge in [-0.15, -0.1) is 23.5 Å². The van der Waals surface area contributed by atoms with Crippen LogP contribution in [0.1, 0.15) is 92.1 Å². The van der Waals surface area contributed by atoms with Crippen LogP contribution in [0.15, 0.2) is 59.6 Å². The first-order chi connectivity index (χ1) is 45.0. The topological polar surface area (TPSA) is 473 Å². The van der Waals surface area contributed by atoms with Gasteiger partial charge in [0, 0.05) is 67.8 Å². The van der Waals surface area contributed by atoms with E-state index in [1.807, 2.05) is 0 Å². The van der Waals surface area contributed by atoms with Gasteiger partial charge in [0.15, 0.2) is 11.3 Å². The fourth-order valence-corrected chi connectivity index (χ4v) is 14.5. The number of likely N-dealkylation sites (tertiary alicyclic amines) is 1. The highest BCUT2D eigenvalue weighted by molar-refractivity contribution is 8.76. The lowest BCUT2D eigenvalue weighted by Gasteiger charge is -2.30. The summed E-state index contributed by atoms with van der Waals surface area (Å²) in [5.74, 6) is -12.9. The summed E-state index contributed by atoms with van der Waals surface area (Å²) in [6, 6.07) is 5.27. The van der Waals surface area contributed by atoms with Crippen LogP contribution in [0, 0.1) is 11.8 Å². The van der Waals surface area contributed by atoms with Crippen molar-refractivity contribution in [1.29, 1.82) is 0 Å². The monoisotopic (exact) mass is 1390 g/mol. The highest BCUT2D eigenvalue weighted by atomic mass is 33.1. The number of guanidine groups is 1. The van der Waals surface area contributed by atoms with Crippen LogP contribution in [0.2, 0.25) is 0 Å². The number of hydrogen-bond donors (Lipinski definition) is 14. The predicted molar refractivity (Wildman–Crippen MR) is 349 cm³/mol. The number of hydrogen-bond acceptors (Lipinski definition) is 19. The van der Waals surface area contributed by atoms with Crippen LogP contribution in [0.4, 0.5) is 4.39 Å². The van der Waals surface area contributed by atoms with Crippen LogP contribution < -0.4 is 70.4 Å². The maximum atomic E-state index is 14.5. The van der Waals surface area contributed by atoms with Crippen molar-refractivity contribution in [3.05, 3.63) is 71.3 Å². The maximum absolute atomic E-state index is 14.5. The molecule has 2 unspecified atom stereocenters. The van der Waals surface area contributed by atoms with Gasteiger partial charge in [-0.2, -0.15) is 0 Å². The molecule has 4 fully saturated rings. The molecule has 3 aliphatic heterocycles.